The van der Waals surface area contributed by atoms with Crippen molar-refractivity contribution >= 4 is 23.6 Å². The van der Waals surface area contributed by atoms with Gasteiger partial charge >= 0.3 is 12.3 Å². The van der Waals surface area contributed by atoms with Crippen LogP contribution in [-0.4, -0.2) is 35.6 Å². The number of aromatic nitrogens is 1. The molecule has 0 radical (unpaired) electrons. The highest BCUT2D eigenvalue weighted by Crippen LogP contribution is 2.42. The second kappa shape index (κ2) is 7.92. The fourth-order valence-electron chi connectivity index (χ4n) is 3.44. The van der Waals surface area contributed by atoms with E-state index in [0.717, 1.165) is 6.07 Å². The summed E-state index contributed by atoms with van der Waals surface area (Å²) in [5.41, 5.74) is -1.48. The number of hydrogen-bond acceptors (Lipinski definition) is 4. The number of hydrogen-bond donors (Lipinski definition) is 2. The van der Waals surface area contributed by atoms with Crippen LogP contribution in [0.25, 0.3) is 0 Å². The Morgan fingerprint density at radius 3 is 2.52 bits per heavy atom. The number of alkyl halides is 5. The Hall–Kier alpha value is -2.17. The number of amides is 2. The summed E-state index contributed by atoms with van der Waals surface area (Å²) in [5, 5.41) is 4.19. The molecule has 1 aliphatic heterocycles. The SMILES string of the molecule is O=C1NC[C@@H](C(=O)N[C@@H](c2ccc(Cl)c(C(F)(F)F)n2)C2CCC(F)(F)CC2)O1. The maximum absolute atomic E-state index is 13.5. The molecule has 6 nitrogen and oxygen atoms in total. The third-order valence-corrected chi connectivity index (χ3v) is 5.26. The predicted molar refractivity (Wildman–Crippen MR) is 90.3 cm³/mol. The molecule has 1 aliphatic carbocycles. The molecule has 2 amide bonds. The van der Waals surface area contributed by atoms with Crippen LogP contribution < -0.4 is 10.6 Å². The molecule has 1 aromatic heterocycles. The van der Waals surface area contributed by atoms with Gasteiger partial charge < -0.3 is 15.4 Å². The molecule has 160 valence electrons. The number of halogens is 6. The van der Waals surface area contributed by atoms with Crippen molar-refractivity contribution in [3.8, 4) is 0 Å². The van der Waals surface area contributed by atoms with Gasteiger partial charge in [0.05, 0.1) is 23.3 Å². The van der Waals surface area contributed by atoms with E-state index in [-0.39, 0.29) is 25.1 Å². The van der Waals surface area contributed by atoms with Crippen molar-refractivity contribution in [3.63, 3.8) is 0 Å². The molecule has 2 atom stereocenters. The van der Waals surface area contributed by atoms with E-state index < -0.39 is 65.7 Å². The summed E-state index contributed by atoms with van der Waals surface area (Å²) >= 11 is 5.60. The van der Waals surface area contributed by atoms with Crippen molar-refractivity contribution in [2.45, 2.75) is 49.9 Å². The van der Waals surface area contributed by atoms with Crippen molar-refractivity contribution in [1.29, 1.82) is 0 Å². The molecule has 29 heavy (non-hydrogen) atoms. The predicted octanol–water partition coefficient (Wildman–Crippen LogP) is 3.85. The number of cyclic esters (lactones) is 1. The maximum atomic E-state index is 13.5. The van der Waals surface area contributed by atoms with Crippen LogP contribution in [0, 0.1) is 5.92 Å². The summed E-state index contributed by atoms with van der Waals surface area (Å²) in [6.45, 7) is -0.109. The summed E-state index contributed by atoms with van der Waals surface area (Å²) in [4.78, 5) is 27.1. The van der Waals surface area contributed by atoms with E-state index >= 15 is 0 Å². The molecule has 0 bridgehead atoms. The van der Waals surface area contributed by atoms with Gasteiger partial charge in [-0.3, -0.25) is 4.79 Å². The van der Waals surface area contributed by atoms with Crippen molar-refractivity contribution in [1.82, 2.24) is 15.6 Å². The standard InChI is InChI=1S/C17H17ClF5N3O3/c18-9-1-2-10(25-13(9)17(21,22)23)12(8-3-5-16(19,20)6-4-8)26-14(27)11-7-24-15(28)29-11/h1-2,8,11-12H,3-7H2,(H,24,28)(H,26,27)/t11-,12+/m0/s1. The van der Waals surface area contributed by atoms with Crippen LogP contribution in [0.2, 0.25) is 5.02 Å². The average Bonchev–Trinajstić information content (AvgIpc) is 3.06. The average molecular weight is 442 g/mol. The third-order valence-electron chi connectivity index (χ3n) is 4.96. The van der Waals surface area contributed by atoms with Gasteiger partial charge in [-0.05, 0) is 30.9 Å². The molecular formula is C17H17ClF5N3O3. The number of ether oxygens (including phenoxy) is 1. The lowest BCUT2D eigenvalue weighted by molar-refractivity contribution is -0.141. The number of rotatable bonds is 4. The van der Waals surface area contributed by atoms with E-state index in [4.69, 9.17) is 16.3 Å². The Labute approximate surface area is 167 Å². The number of nitrogens with one attached hydrogen (secondary N) is 2. The lowest BCUT2D eigenvalue weighted by atomic mass is 9.80. The molecule has 1 saturated carbocycles. The molecule has 0 unspecified atom stereocenters. The minimum atomic E-state index is -4.83. The van der Waals surface area contributed by atoms with Crippen LogP contribution in [0.15, 0.2) is 12.1 Å². The quantitative estimate of drug-likeness (QED) is 0.696. The molecule has 2 fully saturated rings. The molecule has 3 rings (SSSR count). The first-order valence-corrected chi connectivity index (χ1v) is 9.20. The van der Waals surface area contributed by atoms with E-state index in [9.17, 15) is 31.5 Å². The van der Waals surface area contributed by atoms with Crippen LogP contribution in [0.4, 0.5) is 26.7 Å². The minimum Gasteiger partial charge on any atom is -0.434 e. The third kappa shape index (κ3) is 5.06. The minimum absolute atomic E-state index is 0.0215. The number of pyridine rings is 1. The first-order chi connectivity index (χ1) is 13.5. The summed E-state index contributed by atoms with van der Waals surface area (Å²) in [6.07, 6.45) is -7.76. The van der Waals surface area contributed by atoms with Gasteiger partial charge in [-0.1, -0.05) is 11.6 Å². The molecule has 0 spiro atoms. The van der Waals surface area contributed by atoms with E-state index in [1.807, 2.05) is 0 Å². The molecular weight excluding hydrogens is 425 g/mol. The zero-order valence-corrected chi connectivity index (χ0v) is 15.6. The molecule has 2 N–H and O–H groups in total. The fourth-order valence-corrected chi connectivity index (χ4v) is 3.65. The van der Waals surface area contributed by atoms with Gasteiger partial charge in [-0.25, -0.2) is 18.6 Å². The van der Waals surface area contributed by atoms with Crippen LogP contribution in [0.1, 0.15) is 43.1 Å². The van der Waals surface area contributed by atoms with Gasteiger partial charge in [0.15, 0.2) is 11.8 Å². The first-order valence-electron chi connectivity index (χ1n) is 8.82. The Balaban J connectivity index is 1.88. The summed E-state index contributed by atoms with van der Waals surface area (Å²) in [7, 11) is 0. The van der Waals surface area contributed by atoms with Gasteiger partial charge in [0.2, 0.25) is 5.92 Å². The molecule has 2 aliphatic rings. The van der Waals surface area contributed by atoms with E-state index in [1.165, 1.54) is 6.07 Å². The zero-order valence-electron chi connectivity index (χ0n) is 14.9. The largest absolute Gasteiger partial charge is 0.434 e. The van der Waals surface area contributed by atoms with Crippen molar-refractivity contribution in [2.75, 3.05) is 6.54 Å². The Bertz CT molecular complexity index is 795. The van der Waals surface area contributed by atoms with Crippen LogP contribution in [-0.2, 0) is 15.7 Å². The van der Waals surface area contributed by atoms with Crippen molar-refractivity contribution in [2.24, 2.45) is 5.92 Å². The number of carbonyl (C=O) groups is 2. The molecule has 2 heterocycles. The highest BCUT2D eigenvalue weighted by Gasteiger charge is 2.42. The van der Waals surface area contributed by atoms with Crippen molar-refractivity contribution < 1.29 is 36.3 Å². The topological polar surface area (TPSA) is 80.3 Å². The van der Waals surface area contributed by atoms with Gasteiger partial charge in [-0.15, -0.1) is 0 Å². The Morgan fingerprint density at radius 1 is 1.31 bits per heavy atom. The van der Waals surface area contributed by atoms with Gasteiger partial charge in [0.25, 0.3) is 5.91 Å². The highest BCUT2D eigenvalue weighted by atomic mass is 35.5. The number of carbonyl (C=O) groups excluding carboxylic acids is 2. The monoisotopic (exact) mass is 441 g/mol. The fraction of sp³-hybridized carbons (Fsp3) is 0.588. The van der Waals surface area contributed by atoms with Gasteiger partial charge in [0, 0.05) is 12.8 Å². The van der Waals surface area contributed by atoms with Crippen LogP contribution in [0.3, 0.4) is 0 Å². The van der Waals surface area contributed by atoms with Gasteiger partial charge in [-0.2, -0.15) is 13.2 Å². The lowest BCUT2D eigenvalue weighted by Gasteiger charge is -2.34. The maximum Gasteiger partial charge on any atom is 0.434 e. The number of alkyl carbamates (subject to hydrolysis) is 1. The first kappa shape index (κ1) is 21.5. The summed E-state index contributed by atoms with van der Waals surface area (Å²) in [5.74, 6) is -4.19. The molecule has 12 heteroatoms. The highest BCUT2D eigenvalue weighted by molar-refractivity contribution is 6.31. The Morgan fingerprint density at radius 2 is 1.97 bits per heavy atom. The van der Waals surface area contributed by atoms with Crippen LogP contribution >= 0.6 is 11.6 Å². The van der Waals surface area contributed by atoms with Crippen LogP contribution in [0.5, 0.6) is 0 Å². The molecule has 1 saturated heterocycles. The van der Waals surface area contributed by atoms with Crippen molar-refractivity contribution in [3.05, 3.63) is 28.5 Å². The summed E-state index contributed by atoms with van der Waals surface area (Å²) < 4.78 is 71.4. The second-order valence-electron chi connectivity index (χ2n) is 7.02. The zero-order chi connectivity index (χ0) is 21.4. The lowest BCUT2D eigenvalue weighted by Crippen LogP contribution is -2.43. The summed E-state index contributed by atoms with van der Waals surface area (Å²) in [6, 6.07) is 1.14. The normalized spacial score (nSPS) is 23.2. The van der Waals surface area contributed by atoms with Gasteiger partial charge in [0.1, 0.15) is 0 Å². The van der Waals surface area contributed by atoms with E-state index in [0.29, 0.717) is 0 Å². The van der Waals surface area contributed by atoms with E-state index in [1.54, 1.807) is 0 Å². The number of nitrogens with zero attached hydrogens (tertiary/aromatic N) is 1. The second-order valence-corrected chi connectivity index (χ2v) is 7.43. The van der Waals surface area contributed by atoms with E-state index in [2.05, 4.69) is 15.6 Å². The smallest absolute Gasteiger partial charge is 0.434 e. The molecule has 1 aromatic rings. The Kier molecular flexibility index (Phi) is 5.88. The molecule has 0 aromatic carbocycles.